The minimum Gasteiger partial charge on any atom is -0.386 e. The van der Waals surface area contributed by atoms with Crippen LogP contribution in [0.4, 0.5) is 5.69 Å². The highest BCUT2D eigenvalue weighted by Crippen LogP contribution is 2.42. The molecule has 0 aromatic heterocycles. The second-order valence-electron chi connectivity index (χ2n) is 9.98. The first-order chi connectivity index (χ1) is 17.0. The SMILES string of the molecule is O=C(N[C@H](CN1CCCC1)[C@H](O)c1ccc(SC2CC2)c(Cl)c1)C1CCN(c2ccc(Cl)cc2)C1. The van der Waals surface area contributed by atoms with Crippen LogP contribution in [-0.4, -0.2) is 59.9 Å². The fourth-order valence-corrected chi connectivity index (χ4v) is 6.52. The summed E-state index contributed by atoms with van der Waals surface area (Å²) >= 11 is 14.4. The first-order valence-electron chi connectivity index (χ1n) is 12.6. The number of rotatable bonds is 9. The van der Waals surface area contributed by atoms with E-state index in [1.54, 1.807) is 0 Å². The van der Waals surface area contributed by atoms with Crippen LogP contribution in [0.25, 0.3) is 0 Å². The smallest absolute Gasteiger partial charge is 0.225 e. The van der Waals surface area contributed by atoms with Gasteiger partial charge in [-0.15, -0.1) is 11.8 Å². The highest BCUT2D eigenvalue weighted by atomic mass is 35.5. The molecule has 1 unspecified atom stereocenters. The van der Waals surface area contributed by atoms with Crippen molar-refractivity contribution in [2.24, 2.45) is 5.92 Å². The zero-order valence-corrected chi connectivity index (χ0v) is 22.2. The van der Waals surface area contributed by atoms with Crippen LogP contribution < -0.4 is 10.2 Å². The summed E-state index contributed by atoms with van der Waals surface area (Å²) in [7, 11) is 0. The molecule has 0 bridgehead atoms. The summed E-state index contributed by atoms with van der Waals surface area (Å²) in [6.07, 6.45) is 4.78. The third-order valence-corrected chi connectivity index (χ3v) is 9.32. The molecule has 3 aliphatic rings. The molecular formula is C27H33Cl2N3O2S. The molecule has 3 fully saturated rings. The van der Waals surface area contributed by atoms with Crippen LogP contribution in [0.15, 0.2) is 47.4 Å². The van der Waals surface area contributed by atoms with Crippen molar-refractivity contribution in [3.05, 3.63) is 58.1 Å². The quantitative estimate of drug-likeness (QED) is 0.452. The fourth-order valence-electron chi connectivity index (χ4n) is 5.02. The summed E-state index contributed by atoms with van der Waals surface area (Å²) in [5.41, 5.74) is 1.84. The zero-order chi connectivity index (χ0) is 24.4. The van der Waals surface area contributed by atoms with E-state index in [0.717, 1.165) is 55.0 Å². The molecule has 1 saturated carbocycles. The molecule has 5 nitrogen and oxygen atoms in total. The standard InChI is InChI=1S/C27H33Cl2N3O2S/c28-20-4-6-21(7-5-20)32-14-11-19(16-32)27(34)30-24(17-31-12-1-2-13-31)26(33)18-3-10-25(23(29)15-18)35-22-8-9-22/h3-7,10,15,19,22,24,26,33H,1-2,8-9,11-14,16-17H2,(H,30,34)/t19?,24-,26-/m1/s1. The lowest BCUT2D eigenvalue weighted by Crippen LogP contribution is -2.48. The third kappa shape index (κ3) is 6.47. The van der Waals surface area contributed by atoms with Gasteiger partial charge < -0.3 is 20.2 Å². The number of likely N-dealkylation sites (tertiary alicyclic amines) is 1. The van der Waals surface area contributed by atoms with Gasteiger partial charge in [-0.3, -0.25) is 4.79 Å². The monoisotopic (exact) mass is 533 g/mol. The van der Waals surface area contributed by atoms with Crippen LogP contribution in [0.2, 0.25) is 10.0 Å². The molecule has 2 aliphatic heterocycles. The molecule has 1 aliphatic carbocycles. The van der Waals surface area contributed by atoms with Crippen molar-refractivity contribution in [2.45, 2.75) is 54.4 Å². The van der Waals surface area contributed by atoms with E-state index in [0.29, 0.717) is 28.4 Å². The van der Waals surface area contributed by atoms with Gasteiger partial charge in [0.15, 0.2) is 0 Å². The van der Waals surface area contributed by atoms with Gasteiger partial charge in [0.2, 0.25) is 5.91 Å². The molecule has 35 heavy (non-hydrogen) atoms. The molecule has 8 heteroatoms. The minimum absolute atomic E-state index is 0.0108. The molecule has 2 heterocycles. The summed E-state index contributed by atoms with van der Waals surface area (Å²) in [6.45, 7) is 4.14. The second-order valence-corrected chi connectivity index (χ2v) is 12.2. The Labute approximate surface area is 222 Å². The summed E-state index contributed by atoms with van der Waals surface area (Å²) in [5.74, 6) is -0.100. The maximum absolute atomic E-state index is 13.3. The Hall–Kier alpha value is -1.44. The number of benzene rings is 2. The van der Waals surface area contributed by atoms with E-state index in [-0.39, 0.29) is 17.9 Å². The van der Waals surface area contributed by atoms with Crippen molar-refractivity contribution in [3.63, 3.8) is 0 Å². The topological polar surface area (TPSA) is 55.8 Å². The van der Waals surface area contributed by atoms with Crippen molar-refractivity contribution < 1.29 is 9.90 Å². The normalized spacial score (nSPS) is 22.4. The van der Waals surface area contributed by atoms with Crippen molar-refractivity contribution >= 4 is 46.6 Å². The predicted molar refractivity (Wildman–Crippen MR) is 145 cm³/mol. The molecule has 5 rings (SSSR count). The Morgan fingerprint density at radius 1 is 1.06 bits per heavy atom. The number of anilines is 1. The maximum Gasteiger partial charge on any atom is 0.225 e. The number of nitrogens with zero attached hydrogens (tertiary/aromatic N) is 2. The number of aliphatic hydroxyl groups excluding tert-OH is 1. The van der Waals surface area contributed by atoms with Gasteiger partial charge in [-0.1, -0.05) is 29.3 Å². The fraction of sp³-hybridized carbons (Fsp3) is 0.519. The van der Waals surface area contributed by atoms with Crippen molar-refractivity contribution in [1.82, 2.24) is 10.2 Å². The lowest BCUT2D eigenvalue weighted by atomic mass is 10.00. The molecule has 0 spiro atoms. The van der Waals surface area contributed by atoms with Gasteiger partial charge in [0.25, 0.3) is 0 Å². The summed E-state index contributed by atoms with van der Waals surface area (Å²) < 4.78 is 0. The van der Waals surface area contributed by atoms with Crippen LogP contribution in [0.5, 0.6) is 0 Å². The Morgan fingerprint density at radius 2 is 1.80 bits per heavy atom. The third-order valence-electron chi connectivity index (χ3n) is 7.23. The average molecular weight is 535 g/mol. The minimum atomic E-state index is -0.814. The van der Waals surface area contributed by atoms with Gasteiger partial charge in [-0.25, -0.2) is 0 Å². The van der Waals surface area contributed by atoms with Crippen LogP contribution in [0.1, 0.15) is 43.8 Å². The summed E-state index contributed by atoms with van der Waals surface area (Å²) in [6, 6.07) is 13.2. The Kier molecular flexibility index (Phi) is 8.15. The van der Waals surface area contributed by atoms with E-state index in [1.807, 2.05) is 54.2 Å². The van der Waals surface area contributed by atoms with E-state index in [2.05, 4.69) is 15.1 Å². The molecule has 188 valence electrons. The largest absolute Gasteiger partial charge is 0.386 e. The number of carbonyl (C=O) groups is 1. The predicted octanol–water partition coefficient (Wildman–Crippen LogP) is 5.39. The van der Waals surface area contributed by atoms with E-state index < -0.39 is 6.10 Å². The number of hydrogen-bond acceptors (Lipinski definition) is 5. The molecule has 2 N–H and O–H groups in total. The molecule has 2 aromatic carbocycles. The number of amides is 1. The van der Waals surface area contributed by atoms with Crippen molar-refractivity contribution in [3.8, 4) is 0 Å². The van der Waals surface area contributed by atoms with E-state index in [1.165, 1.54) is 12.8 Å². The van der Waals surface area contributed by atoms with Gasteiger partial charge in [0.1, 0.15) is 6.10 Å². The number of carbonyl (C=O) groups excluding carboxylic acids is 1. The lowest BCUT2D eigenvalue weighted by molar-refractivity contribution is -0.126. The van der Waals surface area contributed by atoms with Gasteiger partial charge in [-0.2, -0.15) is 0 Å². The van der Waals surface area contributed by atoms with Gasteiger partial charge in [-0.05, 0) is 87.2 Å². The summed E-state index contributed by atoms with van der Waals surface area (Å²) in [4.78, 5) is 19.0. The summed E-state index contributed by atoms with van der Waals surface area (Å²) in [5, 5.41) is 16.6. The first kappa shape index (κ1) is 25.2. The Morgan fingerprint density at radius 3 is 2.49 bits per heavy atom. The van der Waals surface area contributed by atoms with Gasteiger partial charge >= 0.3 is 0 Å². The van der Waals surface area contributed by atoms with E-state index in [4.69, 9.17) is 23.2 Å². The van der Waals surface area contributed by atoms with Crippen LogP contribution in [0, 0.1) is 5.92 Å². The van der Waals surface area contributed by atoms with Crippen molar-refractivity contribution in [1.29, 1.82) is 0 Å². The lowest BCUT2D eigenvalue weighted by Gasteiger charge is -2.30. The number of nitrogens with one attached hydrogen (secondary N) is 1. The molecule has 2 saturated heterocycles. The molecule has 3 atom stereocenters. The van der Waals surface area contributed by atoms with Gasteiger partial charge in [0, 0.05) is 40.5 Å². The average Bonchev–Trinajstić information content (AvgIpc) is 3.30. The highest BCUT2D eigenvalue weighted by molar-refractivity contribution is 8.00. The van der Waals surface area contributed by atoms with E-state index in [9.17, 15) is 9.90 Å². The molecule has 0 radical (unpaired) electrons. The van der Waals surface area contributed by atoms with Gasteiger partial charge in [0.05, 0.1) is 17.0 Å². The zero-order valence-electron chi connectivity index (χ0n) is 19.8. The van der Waals surface area contributed by atoms with Crippen LogP contribution in [-0.2, 0) is 4.79 Å². The Balaban J connectivity index is 1.26. The van der Waals surface area contributed by atoms with Crippen LogP contribution in [0.3, 0.4) is 0 Å². The number of thioether (sulfide) groups is 1. The number of hydrogen-bond donors (Lipinski definition) is 2. The molecular weight excluding hydrogens is 501 g/mol. The highest BCUT2D eigenvalue weighted by Gasteiger charge is 2.33. The van der Waals surface area contributed by atoms with Crippen LogP contribution >= 0.6 is 35.0 Å². The molecule has 2 aromatic rings. The van der Waals surface area contributed by atoms with E-state index >= 15 is 0 Å². The Bertz CT molecular complexity index is 1030. The number of halogens is 2. The second kappa shape index (κ2) is 11.3. The maximum atomic E-state index is 13.3. The first-order valence-corrected chi connectivity index (χ1v) is 14.3. The number of aliphatic hydroxyl groups is 1. The van der Waals surface area contributed by atoms with Crippen molar-refractivity contribution in [2.75, 3.05) is 37.6 Å². The molecule has 1 amide bonds.